The van der Waals surface area contributed by atoms with Crippen molar-refractivity contribution < 1.29 is 18.8 Å². The van der Waals surface area contributed by atoms with Gasteiger partial charge in [0.2, 0.25) is 5.91 Å². The van der Waals surface area contributed by atoms with Gasteiger partial charge in [-0.3, -0.25) is 14.4 Å². The summed E-state index contributed by atoms with van der Waals surface area (Å²) in [5.74, 6) is -2.92. The predicted octanol–water partition coefficient (Wildman–Crippen LogP) is 1.06. The zero-order valence-electron chi connectivity index (χ0n) is 13.1. The standard InChI is InChI=1S/C15H20FN3O3/c1-9(2)17-13(20)8-19(4)15(22)14(21)18-12-7-10(3)5-6-11(12)16/h5-7,9H,8H2,1-4H3,(H,17,20)(H,18,21). The lowest BCUT2D eigenvalue weighted by Gasteiger charge is -2.17. The van der Waals surface area contributed by atoms with Crippen molar-refractivity contribution in [3.8, 4) is 0 Å². The van der Waals surface area contributed by atoms with Gasteiger partial charge >= 0.3 is 11.8 Å². The van der Waals surface area contributed by atoms with Crippen LogP contribution in [0.5, 0.6) is 0 Å². The highest BCUT2D eigenvalue weighted by Gasteiger charge is 2.22. The molecule has 6 nitrogen and oxygen atoms in total. The van der Waals surface area contributed by atoms with Crippen LogP contribution >= 0.6 is 0 Å². The molecule has 0 radical (unpaired) electrons. The molecule has 0 bridgehead atoms. The highest BCUT2D eigenvalue weighted by atomic mass is 19.1. The summed E-state index contributed by atoms with van der Waals surface area (Å²) in [4.78, 5) is 36.2. The Hall–Kier alpha value is -2.44. The van der Waals surface area contributed by atoms with Gasteiger partial charge in [0, 0.05) is 13.1 Å². The first-order valence-electron chi connectivity index (χ1n) is 6.82. The number of carbonyl (C=O) groups excluding carboxylic acids is 3. The summed E-state index contributed by atoms with van der Waals surface area (Å²) < 4.78 is 13.5. The van der Waals surface area contributed by atoms with Gasteiger partial charge in [-0.1, -0.05) is 6.07 Å². The average Bonchev–Trinajstić information content (AvgIpc) is 2.40. The van der Waals surface area contributed by atoms with Crippen LogP contribution in [0.4, 0.5) is 10.1 Å². The van der Waals surface area contributed by atoms with Gasteiger partial charge in [0.25, 0.3) is 0 Å². The number of carbonyl (C=O) groups is 3. The lowest BCUT2D eigenvalue weighted by molar-refractivity contribution is -0.143. The molecule has 0 unspecified atom stereocenters. The first-order chi connectivity index (χ1) is 10.2. The van der Waals surface area contributed by atoms with E-state index in [0.29, 0.717) is 0 Å². The van der Waals surface area contributed by atoms with Gasteiger partial charge in [0.1, 0.15) is 5.82 Å². The minimum absolute atomic E-state index is 0.0637. The summed E-state index contributed by atoms with van der Waals surface area (Å²) in [6.45, 7) is 5.06. The minimum Gasteiger partial charge on any atom is -0.352 e. The van der Waals surface area contributed by atoms with Gasteiger partial charge in [-0.2, -0.15) is 0 Å². The van der Waals surface area contributed by atoms with E-state index in [0.717, 1.165) is 10.5 Å². The number of halogens is 1. The maximum Gasteiger partial charge on any atom is 0.313 e. The van der Waals surface area contributed by atoms with Crippen LogP contribution in [-0.4, -0.2) is 42.3 Å². The fourth-order valence-corrected chi connectivity index (χ4v) is 1.74. The monoisotopic (exact) mass is 309 g/mol. The molecule has 1 aromatic rings. The maximum absolute atomic E-state index is 13.5. The molecule has 7 heteroatoms. The second-order valence-corrected chi connectivity index (χ2v) is 5.32. The van der Waals surface area contributed by atoms with E-state index in [-0.39, 0.29) is 24.2 Å². The van der Waals surface area contributed by atoms with Crippen LogP contribution in [0.25, 0.3) is 0 Å². The zero-order chi connectivity index (χ0) is 16.9. The first kappa shape index (κ1) is 17.6. The number of amides is 3. The van der Waals surface area contributed by atoms with Gasteiger partial charge < -0.3 is 15.5 Å². The third-order valence-corrected chi connectivity index (χ3v) is 2.74. The maximum atomic E-state index is 13.5. The summed E-state index contributed by atoms with van der Waals surface area (Å²) in [6, 6.07) is 4.11. The number of hydrogen-bond acceptors (Lipinski definition) is 3. The number of benzene rings is 1. The smallest absolute Gasteiger partial charge is 0.313 e. The van der Waals surface area contributed by atoms with Crippen LogP contribution < -0.4 is 10.6 Å². The molecule has 0 saturated heterocycles. The number of anilines is 1. The molecule has 22 heavy (non-hydrogen) atoms. The Labute approximate surface area is 128 Å². The van der Waals surface area contributed by atoms with Crippen molar-refractivity contribution in [3.05, 3.63) is 29.6 Å². The number of likely N-dealkylation sites (N-methyl/N-ethyl adjacent to an activating group) is 1. The number of rotatable bonds is 4. The van der Waals surface area contributed by atoms with Crippen molar-refractivity contribution in [3.63, 3.8) is 0 Å². The van der Waals surface area contributed by atoms with Crippen molar-refractivity contribution in [2.75, 3.05) is 18.9 Å². The number of nitrogens with zero attached hydrogens (tertiary/aromatic N) is 1. The van der Waals surface area contributed by atoms with E-state index < -0.39 is 17.6 Å². The summed E-state index contributed by atoms with van der Waals surface area (Å²) >= 11 is 0. The van der Waals surface area contributed by atoms with E-state index in [4.69, 9.17) is 0 Å². The van der Waals surface area contributed by atoms with Crippen molar-refractivity contribution in [2.24, 2.45) is 0 Å². The summed E-state index contributed by atoms with van der Waals surface area (Å²) in [6.07, 6.45) is 0. The van der Waals surface area contributed by atoms with E-state index in [1.807, 2.05) is 0 Å². The molecule has 0 aromatic heterocycles. The molecule has 0 heterocycles. The first-order valence-corrected chi connectivity index (χ1v) is 6.82. The Bertz CT molecular complexity index is 587. The van der Waals surface area contributed by atoms with Crippen molar-refractivity contribution in [2.45, 2.75) is 26.8 Å². The van der Waals surface area contributed by atoms with Gasteiger partial charge in [-0.25, -0.2) is 4.39 Å². The summed E-state index contributed by atoms with van der Waals surface area (Å²) in [5, 5.41) is 4.82. The molecular formula is C15H20FN3O3. The van der Waals surface area contributed by atoms with E-state index in [1.54, 1.807) is 26.8 Å². The third-order valence-electron chi connectivity index (χ3n) is 2.74. The van der Waals surface area contributed by atoms with Crippen molar-refractivity contribution in [1.29, 1.82) is 0 Å². The molecule has 3 amide bonds. The summed E-state index contributed by atoms with van der Waals surface area (Å²) in [5.41, 5.74) is 0.673. The second kappa shape index (κ2) is 7.53. The van der Waals surface area contributed by atoms with Crippen LogP contribution in [-0.2, 0) is 14.4 Å². The fourth-order valence-electron chi connectivity index (χ4n) is 1.74. The number of hydrogen-bond donors (Lipinski definition) is 2. The van der Waals surface area contributed by atoms with Gasteiger partial charge in [-0.05, 0) is 38.5 Å². The molecule has 0 aliphatic carbocycles. The molecule has 0 spiro atoms. The SMILES string of the molecule is Cc1ccc(F)c(NC(=O)C(=O)N(C)CC(=O)NC(C)C)c1. The molecule has 0 atom stereocenters. The molecule has 1 aromatic carbocycles. The van der Waals surface area contributed by atoms with Crippen molar-refractivity contribution >= 4 is 23.4 Å². The Balaban J connectivity index is 2.66. The van der Waals surface area contributed by atoms with Gasteiger partial charge in [0.05, 0.1) is 12.2 Å². The lowest BCUT2D eigenvalue weighted by Crippen LogP contribution is -2.44. The largest absolute Gasteiger partial charge is 0.352 e. The Morgan fingerprint density at radius 3 is 2.50 bits per heavy atom. The molecular weight excluding hydrogens is 289 g/mol. The molecule has 120 valence electrons. The van der Waals surface area contributed by atoms with Crippen LogP contribution in [0.2, 0.25) is 0 Å². The number of aryl methyl sites for hydroxylation is 1. The predicted molar refractivity (Wildman–Crippen MR) is 80.7 cm³/mol. The Kier molecular flexibility index (Phi) is 6.03. The van der Waals surface area contributed by atoms with E-state index >= 15 is 0 Å². The molecule has 2 N–H and O–H groups in total. The molecule has 0 aliphatic rings. The lowest BCUT2D eigenvalue weighted by atomic mass is 10.2. The Morgan fingerprint density at radius 1 is 1.27 bits per heavy atom. The van der Waals surface area contributed by atoms with Crippen LogP contribution in [0.3, 0.4) is 0 Å². The van der Waals surface area contributed by atoms with Gasteiger partial charge in [-0.15, -0.1) is 0 Å². The Morgan fingerprint density at radius 2 is 1.91 bits per heavy atom. The topological polar surface area (TPSA) is 78.5 Å². The van der Waals surface area contributed by atoms with E-state index in [1.165, 1.54) is 19.2 Å². The normalized spacial score (nSPS) is 10.3. The third kappa shape index (κ3) is 5.16. The molecule has 0 aliphatic heterocycles. The van der Waals surface area contributed by atoms with Crippen molar-refractivity contribution in [1.82, 2.24) is 10.2 Å². The highest BCUT2D eigenvalue weighted by molar-refractivity contribution is 6.39. The highest BCUT2D eigenvalue weighted by Crippen LogP contribution is 2.15. The van der Waals surface area contributed by atoms with Crippen LogP contribution in [0.15, 0.2) is 18.2 Å². The quantitative estimate of drug-likeness (QED) is 0.816. The average molecular weight is 309 g/mol. The second-order valence-electron chi connectivity index (χ2n) is 5.32. The molecule has 1 rings (SSSR count). The summed E-state index contributed by atoms with van der Waals surface area (Å²) in [7, 11) is 1.33. The van der Waals surface area contributed by atoms with E-state index in [9.17, 15) is 18.8 Å². The van der Waals surface area contributed by atoms with E-state index in [2.05, 4.69) is 10.6 Å². The molecule has 0 saturated carbocycles. The zero-order valence-corrected chi connectivity index (χ0v) is 13.1. The van der Waals surface area contributed by atoms with Crippen LogP contribution in [0, 0.1) is 12.7 Å². The van der Waals surface area contributed by atoms with Gasteiger partial charge in [0.15, 0.2) is 0 Å². The minimum atomic E-state index is -0.996. The molecule has 0 fully saturated rings. The number of nitrogens with one attached hydrogen (secondary N) is 2. The van der Waals surface area contributed by atoms with Crippen LogP contribution in [0.1, 0.15) is 19.4 Å². The fraction of sp³-hybridized carbons (Fsp3) is 0.400.